The van der Waals surface area contributed by atoms with E-state index < -0.39 is 29.6 Å². The Labute approximate surface area is 169 Å². The van der Waals surface area contributed by atoms with Crippen molar-refractivity contribution in [3.63, 3.8) is 0 Å². The van der Waals surface area contributed by atoms with Gasteiger partial charge in [-0.2, -0.15) is 5.06 Å². The lowest BCUT2D eigenvalue weighted by atomic mass is 10.2. The quantitative estimate of drug-likeness (QED) is 0.747. The van der Waals surface area contributed by atoms with Crippen molar-refractivity contribution in [2.75, 3.05) is 49.2 Å². The molecule has 1 aromatic rings. The van der Waals surface area contributed by atoms with Gasteiger partial charge in [-0.1, -0.05) is 6.07 Å². The molecule has 0 aliphatic carbocycles. The number of cyclic esters (lactones) is 1. The van der Waals surface area contributed by atoms with Gasteiger partial charge in [0.15, 0.2) is 0 Å². The molecule has 160 valence electrons. The monoisotopic (exact) mass is 410 g/mol. The third-order valence-electron chi connectivity index (χ3n) is 4.46. The van der Waals surface area contributed by atoms with E-state index in [4.69, 9.17) is 20.0 Å². The van der Waals surface area contributed by atoms with Crippen LogP contribution in [0.5, 0.6) is 0 Å². The molecule has 2 N–H and O–H groups in total. The van der Waals surface area contributed by atoms with Crippen LogP contribution in [-0.4, -0.2) is 68.3 Å². The zero-order chi connectivity index (χ0) is 21.2. The van der Waals surface area contributed by atoms with Gasteiger partial charge in [-0.15, -0.1) is 0 Å². The Morgan fingerprint density at radius 2 is 2.03 bits per heavy atom. The summed E-state index contributed by atoms with van der Waals surface area (Å²) in [6.07, 6.45) is -1.28. The molecule has 3 rings (SSSR count). The number of carbonyl (C=O) groups excluding carboxylic acids is 2. The number of hydrogen-bond acceptors (Lipinski definition) is 6. The summed E-state index contributed by atoms with van der Waals surface area (Å²) in [5, 5.41) is 0.982. The van der Waals surface area contributed by atoms with Gasteiger partial charge in [0.2, 0.25) is 0 Å². The van der Waals surface area contributed by atoms with E-state index in [-0.39, 0.29) is 13.1 Å². The van der Waals surface area contributed by atoms with Crippen LogP contribution in [0.2, 0.25) is 0 Å². The predicted octanol–water partition coefficient (Wildman–Crippen LogP) is 2.10. The lowest BCUT2D eigenvalue weighted by molar-refractivity contribution is -0.199. The van der Waals surface area contributed by atoms with Gasteiger partial charge in [0.1, 0.15) is 11.9 Å². The number of morpholine rings is 1. The lowest BCUT2D eigenvalue weighted by Crippen LogP contribution is -2.46. The molecule has 2 saturated heterocycles. The van der Waals surface area contributed by atoms with E-state index in [1.54, 1.807) is 32.9 Å². The average molecular weight is 410 g/mol. The molecule has 9 nitrogen and oxygen atoms in total. The Morgan fingerprint density at radius 3 is 2.66 bits per heavy atom. The highest BCUT2D eigenvalue weighted by molar-refractivity contribution is 5.94. The highest BCUT2D eigenvalue weighted by Gasteiger charge is 2.37. The number of para-hydroxylation sites is 1. The second-order valence-corrected chi connectivity index (χ2v) is 7.93. The molecule has 0 unspecified atom stereocenters. The molecule has 0 bridgehead atoms. The topological polar surface area (TPSA) is 97.6 Å². The van der Waals surface area contributed by atoms with Crippen LogP contribution in [-0.2, 0) is 14.3 Å². The van der Waals surface area contributed by atoms with Crippen molar-refractivity contribution in [1.82, 2.24) is 5.06 Å². The smallest absolute Gasteiger partial charge is 0.414 e. The number of primary amides is 1. The van der Waals surface area contributed by atoms with Crippen molar-refractivity contribution < 1.29 is 28.3 Å². The van der Waals surface area contributed by atoms with Crippen molar-refractivity contribution in [2.24, 2.45) is 5.73 Å². The summed E-state index contributed by atoms with van der Waals surface area (Å²) in [5.74, 6) is -0.421. The van der Waals surface area contributed by atoms with Crippen molar-refractivity contribution in [2.45, 2.75) is 32.5 Å². The Kier molecular flexibility index (Phi) is 6.13. The maximum atomic E-state index is 14.7. The lowest BCUT2D eigenvalue weighted by Gasteiger charge is -2.32. The maximum Gasteiger partial charge on any atom is 0.414 e. The number of hydroxylamine groups is 2. The minimum absolute atomic E-state index is 0.0307. The molecule has 2 aliphatic rings. The van der Waals surface area contributed by atoms with Gasteiger partial charge < -0.3 is 20.1 Å². The number of nitrogens with zero attached hydrogens (tertiary/aromatic N) is 3. The third-order valence-corrected chi connectivity index (χ3v) is 4.46. The predicted molar refractivity (Wildman–Crippen MR) is 104 cm³/mol. The van der Waals surface area contributed by atoms with Gasteiger partial charge in [-0.25, -0.2) is 14.0 Å². The number of halogens is 1. The second-order valence-electron chi connectivity index (χ2n) is 7.93. The molecule has 1 atom stereocenters. The highest BCUT2D eigenvalue weighted by atomic mass is 19.1. The minimum atomic E-state index is -0.783. The molecule has 3 amide bonds. The molecule has 2 fully saturated rings. The zero-order valence-corrected chi connectivity index (χ0v) is 16.9. The molecular weight excluding hydrogens is 383 g/mol. The first kappa shape index (κ1) is 21.1. The van der Waals surface area contributed by atoms with E-state index in [1.165, 1.54) is 11.0 Å². The van der Waals surface area contributed by atoms with Crippen LogP contribution >= 0.6 is 0 Å². The molecule has 0 aromatic heterocycles. The standard InChI is InChI=1S/C19H27FN4O5/c1-19(2,3)29-24(17(21)25)12-13-11-23(18(26)28-13)15-6-4-5-14(20)16(15)22-7-9-27-10-8-22/h4-6,13H,7-12H2,1-3H3,(H2,21,25)/t13-/m0/s1. The number of amides is 3. The summed E-state index contributed by atoms with van der Waals surface area (Å²) in [6.45, 7) is 7.45. The fourth-order valence-electron chi connectivity index (χ4n) is 3.32. The van der Waals surface area contributed by atoms with Crippen molar-refractivity contribution in [3.05, 3.63) is 24.0 Å². The number of ether oxygens (including phenoxy) is 2. The number of carbonyl (C=O) groups is 2. The van der Waals surface area contributed by atoms with E-state index >= 15 is 0 Å². The van der Waals surface area contributed by atoms with Crippen molar-refractivity contribution in [1.29, 1.82) is 0 Å². The highest BCUT2D eigenvalue weighted by Crippen LogP contribution is 2.35. The number of rotatable bonds is 5. The maximum absolute atomic E-state index is 14.7. The summed E-state index contributed by atoms with van der Waals surface area (Å²) < 4.78 is 25.4. The second kappa shape index (κ2) is 8.42. The van der Waals surface area contributed by atoms with Crippen molar-refractivity contribution >= 4 is 23.5 Å². The number of benzene rings is 1. The molecule has 0 saturated carbocycles. The van der Waals surface area contributed by atoms with E-state index in [2.05, 4.69) is 0 Å². The zero-order valence-electron chi connectivity index (χ0n) is 16.9. The molecule has 0 spiro atoms. The Morgan fingerprint density at radius 1 is 1.34 bits per heavy atom. The molecule has 0 radical (unpaired) electrons. The minimum Gasteiger partial charge on any atom is -0.442 e. The van der Waals surface area contributed by atoms with Gasteiger partial charge in [-0.05, 0) is 32.9 Å². The first-order valence-electron chi connectivity index (χ1n) is 9.51. The number of anilines is 2. The fourth-order valence-corrected chi connectivity index (χ4v) is 3.32. The van der Waals surface area contributed by atoms with E-state index in [1.807, 2.05) is 4.90 Å². The van der Waals surface area contributed by atoms with Crippen LogP contribution < -0.4 is 15.5 Å². The number of nitrogens with two attached hydrogens (primary N) is 1. The Bertz CT molecular complexity index is 763. The van der Waals surface area contributed by atoms with E-state index in [0.29, 0.717) is 37.7 Å². The van der Waals surface area contributed by atoms with Crippen LogP contribution in [0, 0.1) is 5.82 Å². The van der Waals surface area contributed by atoms with Gasteiger partial charge in [0.25, 0.3) is 0 Å². The van der Waals surface area contributed by atoms with Crippen molar-refractivity contribution in [3.8, 4) is 0 Å². The first-order chi connectivity index (χ1) is 13.7. The Balaban J connectivity index is 1.78. The van der Waals surface area contributed by atoms with Gasteiger partial charge in [-0.3, -0.25) is 9.74 Å². The van der Waals surface area contributed by atoms with Crippen LogP contribution in [0.25, 0.3) is 0 Å². The SMILES string of the molecule is CC(C)(C)ON(C[C@@H]1CN(c2cccc(F)c2N2CCOCC2)C(=O)O1)C(N)=O. The van der Waals surface area contributed by atoms with Crippen LogP contribution in [0.1, 0.15) is 20.8 Å². The van der Waals surface area contributed by atoms with Crippen LogP contribution in [0.15, 0.2) is 18.2 Å². The summed E-state index contributed by atoms with van der Waals surface area (Å²) >= 11 is 0. The Hall–Kier alpha value is -2.59. The molecule has 2 heterocycles. The summed E-state index contributed by atoms with van der Waals surface area (Å²) in [5.41, 5.74) is 5.49. The molecule has 10 heteroatoms. The van der Waals surface area contributed by atoms with Crippen LogP contribution in [0.3, 0.4) is 0 Å². The normalized spacial score (nSPS) is 20.0. The molecular formula is C19H27FN4O5. The van der Waals surface area contributed by atoms with Gasteiger partial charge >= 0.3 is 12.1 Å². The molecule has 2 aliphatic heterocycles. The number of hydrogen-bond donors (Lipinski definition) is 1. The third kappa shape index (κ3) is 5.07. The van der Waals surface area contributed by atoms with E-state index in [9.17, 15) is 14.0 Å². The van der Waals surface area contributed by atoms with Gasteiger partial charge in [0, 0.05) is 13.1 Å². The van der Waals surface area contributed by atoms with Gasteiger partial charge in [0.05, 0.1) is 43.3 Å². The summed E-state index contributed by atoms with van der Waals surface area (Å²) in [7, 11) is 0. The average Bonchev–Trinajstić information content (AvgIpc) is 3.00. The largest absolute Gasteiger partial charge is 0.442 e. The fraction of sp³-hybridized carbons (Fsp3) is 0.579. The summed E-state index contributed by atoms with van der Waals surface area (Å²) in [6, 6.07) is 3.80. The first-order valence-corrected chi connectivity index (χ1v) is 9.51. The molecule has 1 aromatic carbocycles. The van der Waals surface area contributed by atoms with Crippen LogP contribution in [0.4, 0.5) is 25.4 Å². The van der Waals surface area contributed by atoms with E-state index in [0.717, 1.165) is 5.06 Å². The summed E-state index contributed by atoms with van der Waals surface area (Å²) in [4.78, 5) is 33.0. The molecule has 29 heavy (non-hydrogen) atoms. The number of urea groups is 1.